The average molecular weight is 407 g/mol. The molecule has 7 heteroatoms. The van der Waals surface area contributed by atoms with Gasteiger partial charge in [-0.05, 0) is 37.3 Å². The fourth-order valence-corrected chi connectivity index (χ4v) is 2.95. The van der Waals surface area contributed by atoms with Crippen LogP contribution in [0.5, 0.6) is 11.6 Å². The maximum Gasteiger partial charge on any atom is 0.255 e. The summed E-state index contributed by atoms with van der Waals surface area (Å²) in [6.45, 7) is 2.64. The van der Waals surface area contributed by atoms with Crippen LogP contribution in [0.25, 0.3) is 0 Å². The van der Waals surface area contributed by atoms with E-state index in [-0.39, 0.29) is 24.7 Å². The highest BCUT2D eigenvalue weighted by Gasteiger charge is 2.28. The van der Waals surface area contributed by atoms with E-state index in [1.165, 1.54) is 6.20 Å². The molecule has 0 radical (unpaired) electrons. The summed E-state index contributed by atoms with van der Waals surface area (Å²) in [6.07, 6.45) is 1.05. The van der Waals surface area contributed by atoms with Crippen molar-refractivity contribution in [1.82, 2.24) is 9.88 Å². The fraction of sp³-hybridized carbons (Fsp3) is 0.333. The van der Waals surface area contributed by atoms with Crippen LogP contribution in [0.2, 0.25) is 0 Å². The van der Waals surface area contributed by atoms with Crippen molar-refractivity contribution < 1.29 is 19.4 Å². The number of halogens is 1. The van der Waals surface area contributed by atoms with Crippen LogP contribution in [0.4, 0.5) is 0 Å². The van der Waals surface area contributed by atoms with Crippen molar-refractivity contribution in [3.8, 4) is 11.6 Å². The lowest BCUT2D eigenvalue weighted by Crippen LogP contribution is -2.50. The number of morpholine rings is 1. The van der Waals surface area contributed by atoms with E-state index in [0.717, 1.165) is 4.47 Å². The lowest BCUT2D eigenvalue weighted by Gasteiger charge is -2.36. The van der Waals surface area contributed by atoms with Gasteiger partial charge in [0.2, 0.25) is 5.88 Å². The van der Waals surface area contributed by atoms with Gasteiger partial charge in [-0.15, -0.1) is 0 Å². The molecular formula is C18H19BrN2O4. The maximum atomic E-state index is 12.6. The van der Waals surface area contributed by atoms with Gasteiger partial charge in [-0.25, -0.2) is 4.98 Å². The van der Waals surface area contributed by atoms with E-state index >= 15 is 0 Å². The molecule has 1 N–H and O–H groups in total. The van der Waals surface area contributed by atoms with Gasteiger partial charge in [0.25, 0.3) is 5.91 Å². The second kappa shape index (κ2) is 7.95. The number of ether oxygens (including phenoxy) is 2. The third kappa shape index (κ3) is 4.56. The Kier molecular flexibility index (Phi) is 5.67. The van der Waals surface area contributed by atoms with Crippen molar-refractivity contribution in [2.75, 3.05) is 19.7 Å². The van der Waals surface area contributed by atoms with Crippen LogP contribution in [-0.2, 0) is 4.74 Å². The van der Waals surface area contributed by atoms with Gasteiger partial charge in [-0.3, -0.25) is 4.79 Å². The first-order valence-corrected chi connectivity index (χ1v) is 8.79. The smallest absolute Gasteiger partial charge is 0.255 e. The first kappa shape index (κ1) is 17.8. The van der Waals surface area contributed by atoms with E-state index in [1.807, 2.05) is 31.2 Å². The van der Waals surface area contributed by atoms with E-state index in [0.29, 0.717) is 30.3 Å². The molecule has 2 atom stereocenters. The van der Waals surface area contributed by atoms with Crippen LogP contribution in [-0.4, -0.2) is 52.8 Å². The van der Waals surface area contributed by atoms with Gasteiger partial charge in [-0.1, -0.05) is 15.9 Å². The molecule has 2 aromatic rings. The zero-order valence-corrected chi connectivity index (χ0v) is 15.3. The Bertz CT molecular complexity index is 721. The molecule has 1 aliphatic rings. The van der Waals surface area contributed by atoms with Crippen molar-refractivity contribution in [3.05, 3.63) is 52.6 Å². The molecular weight excluding hydrogens is 388 g/mol. The number of pyridine rings is 1. The number of aliphatic hydroxyl groups is 1. The van der Waals surface area contributed by atoms with Gasteiger partial charge in [0.1, 0.15) is 5.75 Å². The highest BCUT2D eigenvalue weighted by molar-refractivity contribution is 9.10. The number of benzene rings is 1. The zero-order chi connectivity index (χ0) is 17.8. The quantitative estimate of drug-likeness (QED) is 0.844. The zero-order valence-electron chi connectivity index (χ0n) is 13.8. The predicted octanol–water partition coefficient (Wildman–Crippen LogP) is 2.86. The molecule has 0 unspecified atom stereocenters. The number of carbonyl (C=O) groups excluding carboxylic acids is 1. The molecule has 6 nitrogen and oxygen atoms in total. The summed E-state index contributed by atoms with van der Waals surface area (Å²) in [7, 11) is 0. The molecule has 1 aromatic carbocycles. The first-order chi connectivity index (χ1) is 12.0. The summed E-state index contributed by atoms with van der Waals surface area (Å²) in [4.78, 5) is 18.5. The largest absolute Gasteiger partial charge is 0.439 e. The van der Waals surface area contributed by atoms with Crippen LogP contribution < -0.4 is 4.74 Å². The molecule has 3 rings (SSSR count). The molecule has 0 saturated carbocycles. The Morgan fingerprint density at radius 3 is 2.72 bits per heavy atom. The lowest BCUT2D eigenvalue weighted by molar-refractivity contribution is -0.0858. The van der Waals surface area contributed by atoms with Crippen LogP contribution in [0.3, 0.4) is 0 Å². The van der Waals surface area contributed by atoms with Crippen LogP contribution >= 0.6 is 15.9 Å². The highest BCUT2D eigenvalue weighted by Crippen LogP contribution is 2.22. The number of carbonyl (C=O) groups is 1. The normalized spacial score (nSPS) is 20.4. The number of nitrogens with zero attached hydrogens (tertiary/aromatic N) is 2. The molecule has 2 heterocycles. The molecule has 1 saturated heterocycles. The van der Waals surface area contributed by atoms with Gasteiger partial charge in [0, 0.05) is 29.8 Å². The summed E-state index contributed by atoms with van der Waals surface area (Å²) >= 11 is 3.37. The molecule has 1 aliphatic heterocycles. The molecule has 0 aliphatic carbocycles. The molecule has 25 heavy (non-hydrogen) atoms. The summed E-state index contributed by atoms with van der Waals surface area (Å²) < 4.78 is 12.2. The summed E-state index contributed by atoms with van der Waals surface area (Å²) in [6, 6.07) is 10.8. The van der Waals surface area contributed by atoms with E-state index in [9.17, 15) is 9.90 Å². The van der Waals surface area contributed by atoms with Crippen molar-refractivity contribution in [1.29, 1.82) is 0 Å². The van der Waals surface area contributed by atoms with Gasteiger partial charge in [-0.2, -0.15) is 0 Å². The predicted molar refractivity (Wildman–Crippen MR) is 95.8 cm³/mol. The Morgan fingerprint density at radius 1 is 1.32 bits per heavy atom. The third-order valence-electron chi connectivity index (χ3n) is 3.84. The molecule has 0 bridgehead atoms. The fourth-order valence-electron chi connectivity index (χ4n) is 2.69. The minimum atomic E-state index is -0.347. The van der Waals surface area contributed by atoms with E-state index < -0.39 is 0 Å². The Balaban J connectivity index is 1.67. The van der Waals surface area contributed by atoms with Crippen molar-refractivity contribution in [2.24, 2.45) is 0 Å². The molecule has 1 fully saturated rings. The lowest BCUT2D eigenvalue weighted by atomic mass is 10.2. The number of hydrogen-bond donors (Lipinski definition) is 1. The Hall–Kier alpha value is -1.96. The summed E-state index contributed by atoms with van der Waals surface area (Å²) in [5.41, 5.74) is 0.481. The van der Waals surface area contributed by atoms with Crippen LogP contribution in [0.1, 0.15) is 17.3 Å². The Labute approximate surface area is 154 Å². The third-order valence-corrected chi connectivity index (χ3v) is 4.37. The minimum absolute atomic E-state index is 0.105. The topological polar surface area (TPSA) is 71.9 Å². The summed E-state index contributed by atoms with van der Waals surface area (Å²) in [5.74, 6) is 0.960. The van der Waals surface area contributed by atoms with Gasteiger partial charge in [0.15, 0.2) is 0 Å². The molecule has 1 aromatic heterocycles. The molecule has 132 valence electrons. The van der Waals surface area contributed by atoms with Crippen molar-refractivity contribution in [3.63, 3.8) is 0 Å². The van der Waals surface area contributed by atoms with Crippen LogP contribution in [0.15, 0.2) is 47.1 Å². The number of hydrogen-bond acceptors (Lipinski definition) is 5. The van der Waals surface area contributed by atoms with Crippen molar-refractivity contribution >= 4 is 21.8 Å². The second-order valence-corrected chi connectivity index (χ2v) is 6.82. The van der Waals surface area contributed by atoms with E-state index in [1.54, 1.807) is 17.0 Å². The first-order valence-electron chi connectivity index (χ1n) is 8.00. The number of amides is 1. The summed E-state index contributed by atoms with van der Waals surface area (Å²) in [5, 5.41) is 9.28. The van der Waals surface area contributed by atoms with Crippen molar-refractivity contribution in [2.45, 2.75) is 19.1 Å². The number of rotatable bonds is 4. The Morgan fingerprint density at radius 2 is 2.08 bits per heavy atom. The van der Waals surface area contributed by atoms with E-state index in [4.69, 9.17) is 9.47 Å². The number of aliphatic hydroxyl groups excluding tert-OH is 1. The number of aromatic nitrogens is 1. The van der Waals surface area contributed by atoms with Gasteiger partial charge < -0.3 is 19.5 Å². The maximum absolute atomic E-state index is 12.6. The molecule has 0 spiro atoms. The van der Waals surface area contributed by atoms with Gasteiger partial charge in [0.05, 0.1) is 24.4 Å². The van der Waals surface area contributed by atoms with E-state index in [2.05, 4.69) is 20.9 Å². The van der Waals surface area contributed by atoms with Crippen LogP contribution in [0, 0.1) is 0 Å². The second-order valence-electron chi connectivity index (χ2n) is 5.90. The standard InChI is InChI=1S/C18H19BrN2O4/c1-12-9-21(10-16(11-22)24-12)18(23)13-2-7-17(20-8-13)25-15-5-3-14(19)4-6-15/h2-8,12,16,22H,9-11H2,1H3/t12-,16+/m0/s1. The highest BCUT2D eigenvalue weighted by atomic mass is 79.9. The molecule has 1 amide bonds. The monoisotopic (exact) mass is 406 g/mol. The van der Waals surface area contributed by atoms with Gasteiger partial charge >= 0.3 is 0 Å². The minimum Gasteiger partial charge on any atom is -0.439 e. The average Bonchev–Trinajstić information content (AvgIpc) is 2.63. The SMILES string of the molecule is C[C@H]1CN(C(=O)c2ccc(Oc3ccc(Br)cc3)nc2)C[C@H](CO)O1.